The number of rotatable bonds is 4. The first kappa shape index (κ1) is 13.8. The van der Waals surface area contributed by atoms with Gasteiger partial charge < -0.3 is 10.1 Å². The van der Waals surface area contributed by atoms with Gasteiger partial charge in [0, 0.05) is 0 Å². The molecule has 0 saturated carbocycles. The Morgan fingerprint density at radius 3 is 2.65 bits per heavy atom. The number of nitrogens with one attached hydrogen (secondary N) is 2. The minimum absolute atomic E-state index is 0.126. The van der Waals surface area contributed by atoms with Gasteiger partial charge in [-0.1, -0.05) is 30.3 Å². The van der Waals surface area contributed by atoms with Crippen molar-refractivity contribution in [1.82, 2.24) is 10.2 Å². The number of hydrogen-bond acceptors (Lipinski definition) is 4. The van der Waals surface area contributed by atoms with Gasteiger partial charge in [0.05, 0.1) is 24.9 Å². The molecular weight excluding hydrogens is 258 g/mol. The molecule has 0 aliphatic carbocycles. The number of anilines is 1. The van der Waals surface area contributed by atoms with Crippen LogP contribution in [0.3, 0.4) is 0 Å². The molecule has 1 atom stereocenters. The lowest BCUT2D eigenvalue weighted by Crippen LogP contribution is -2.20. The predicted molar refractivity (Wildman–Crippen MR) is 73.4 cm³/mol. The largest absolute Gasteiger partial charge is 0.464 e. The molecule has 1 aromatic heterocycles. The molecule has 0 bridgehead atoms. The monoisotopic (exact) mass is 273 g/mol. The molecule has 1 heterocycles. The minimum atomic E-state index is -0.579. The molecule has 0 spiro atoms. The molecule has 0 aliphatic rings. The van der Waals surface area contributed by atoms with Crippen LogP contribution < -0.4 is 5.32 Å². The van der Waals surface area contributed by atoms with Crippen molar-refractivity contribution in [3.8, 4) is 0 Å². The lowest BCUT2D eigenvalue weighted by Gasteiger charge is -2.12. The lowest BCUT2D eigenvalue weighted by atomic mass is 10.0. The summed E-state index contributed by atoms with van der Waals surface area (Å²) in [6, 6.07) is 9.38. The van der Waals surface area contributed by atoms with Gasteiger partial charge >= 0.3 is 5.97 Å². The highest BCUT2D eigenvalue weighted by Crippen LogP contribution is 2.19. The molecule has 2 rings (SSSR count). The van der Waals surface area contributed by atoms with Crippen LogP contribution in [0, 0.1) is 0 Å². The summed E-state index contributed by atoms with van der Waals surface area (Å²) in [6.45, 7) is 1.79. The van der Waals surface area contributed by atoms with Gasteiger partial charge in [-0.05, 0) is 12.5 Å². The maximum atomic E-state index is 12.2. The van der Waals surface area contributed by atoms with Crippen LogP contribution in [0.25, 0.3) is 0 Å². The third-order valence-corrected chi connectivity index (χ3v) is 2.98. The molecule has 20 heavy (non-hydrogen) atoms. The number of esters is 1. The number of methoxy groups -OCH3 is 1. The van der Waals surface area contributed by atoms with Crippen molar-refractivity contribution >= 4 is 17.6 Å². The quantitative estimate of drug-likeness (QED) is 0.834. The van der Waals surface area contributed by atoms with E-state index in [0.717, 1.165) is 5.56 Å². The molecule has 1 amide bonds. The molecule has 0 unspecified atom stereocenters. The maximum Gasteiger partial charge on any atom is 0.358 e. The first-order chi connectivity index (χ1) is 9.63. The Hall–Kier alpha value is -2.63. The number of H-pyrrole nitrogens is 1. The number of amides is 1. The fourth-order valence-electron chi connectivity index (χ4n) is 1.77. The zero-order chi connectivity index (χ0) is 14.5. The Morgan fingerprint density at radius 1 is 1.30 bits per heavy atom. The zero-order valence-electron chi connectivity index (χ0n) is 11.2. The first-order valence-electron chi connectivity index (χ1n) is 6.11. The van der Waals surface area contributed by atoms with Crippen molar-refractivity contribution in [3.05, 3.63) is 47.8 Å². The lowest BCUT2D eigenvalue weighted by molar-refractivity contribution is -0.117. The van der Waals surface area contributed by atoms with E-state index in [2.05, 4.69) is 20.3 Å². The van der Waals surface area contributed by atoms with Gasteiger partial charge in [-0.25, -0.2) is 4.79 Å². The third-order valence-electron chi connectivity index (χ3n) is 2.98. The van der Waals surface area contributed by atoms with Gasteiger partial charge in [-0.3, -0.25) is 9.89 Å². The van der Waals surface area contributed by atoms with Crippen molar-refractivity contribution in [2.75, 3.05) is 12.4 Å². The number of ether oxygens (including phenoxy) is 1. The van der Waals surface area contributed by atoms with Crippen LogP contribution >= 0.6 is 0 Å². The topological polar surface area (TPSA) is 84.1 Å². The van der Waals surface area contributed by atoms with Gasteiger partial charge in [0.15, 0.2) is 5.69 Å². The fourth-order valence-corrected chi connectivity index (χ4v) is 1.77. The third kappa shape index (κ3) is 2.85. The zero-order valence-corrected chi connectivity index (χ0v) is 11.2. The molecule has 104 valence electrons. The number of aromatic amines is 1. The van der Waals surface area contributed by atoms with Gasteiger partial charge in [0.1, 0.15) is 0 Å². The number of nitrogens with zero attached hydrogens (tertiary/aromatic N) is 1. The summed E-state index contributed by atoms with van der Waals surface area (Å²) in [7, 11) is 1.27. The van der Waals surface area contributed by atoms with E-state index in [9.17, 15) is 9.59 Å². The Labute approximate surface area is 116 Å². The molecule has 6 heteroatoms. The standard InChI is InChI=1S/C14H15N3O3/c1-9(10-6-4-3-5-7-10)13(18)16-11-8-15-17-12(11)14(19)20-2/h3-9H,1-2H3,(H,15,17)(H,16,18)/t9-/m1/s1. The average Bonchev–Trinajstić information content (AvgIpc) is 2.94. The molecule has 2 aromatic rings. The number of carbonyl (C=O) groups is 2. The van der Waals surface area contributed by atoms with E-state index in [1.807, 2.05) is 30.3 Å². The molecule has 0 fully saturated rings. The number of benzene rings is 1. The van der Waals surface area contributed by atoms with Crippen molar-refractivity contribution in [2.24, 2.45) is 0 Å². The molecule has 0 radical (unpaired) electrons. The van der Waals surface area contributed by atoms with E-state index >= 15 is 0 Å². The van der Waals surface area contributed by atoms with Gasteiger partial charge in [0.25, 0.3) is 0 Å². The molecule has 6 nitrogen and oxygen atoms in total. The van der Waals surface area contributed by atoms with Crippen molar-refractivity contribution in [2.45, 2.75) is 12.8 Å². The summed E-state index contributed by atoms with van der Waals surface area (Å²) in [4.78, 5) is 23.6. The molecular formula is C14H15N3O3. The van der Waals surface area contributed by atoms with Crippen LogP contribution in [0.5, 0.6) is 0 Å². The van der Waals surface area contributed by atoms with Gasteiger partial charge in [-0.15, -0.1) is 0 Å². The highest BCUT2D eigenvalue weighted by Gasteiger charge is 2.20. The summed E-state index contributed by atoms with van der Waals surface area (Å²) in [6.07, 6.45) is 1.38. The van der Waals surface area contributed by atoms with Crippen molar-refractivity contribution in [3.63, 3.8) is 0 Å². The Morgan fingerprint density at radius 2 is 2.00 bits per heavy atom. The van der Waals surface area contributed by atoms with E-state index in [1.165, 1.54) is 13.3 Å². The van der Waals surface area contributed by atoms with E-state index in [4.69, 9.17) is 0 Å². The highest BCUT2D eigenvalue weighted by atomic mass is 16.5. The second-order valence-electron chi connectivity index (χ2n) is 4.27. The van der Waals surface area contributed by atoms with Crippen LogP contribution in [0.2, 0.25) is 0 Å². The summed E-state index contributed by atoms with van der Waals surface area (Å²) in [5, 5.41) is 8.91. The Bertz CT molecular complexity index is 607. The Balaban J connectivity index is 2.13. The number of aromatic nitrogens is 2. The average molecular weight is 273 g/mol. The SMILES string of the molecule is COC(=O)c1[nH]ncc1NC(=O)[C@H](C)c1ccccc1. The van der Waals surface area contributed by atoms with E-state index in [0.29, 0.717) is 5.69 Å². The highest BCUT2D eigenvalue weighted by molar-refractivity contribution is 6.01. The second-order valence-corrected chi connectivity index (χ2v) is 4.27. The van der Waals surface area contributed by atoms with Crippen LogP contribution in [-0.4, -0.2) is 29.2 Å². The van der Waals surface area contributed by atoms with Crippen LogP contribution in [0.15, 0.2) is 36.5 Å². The van der Waals surface area contributed by atoms with Gasteiger partial charge in [-0.2, -0.15) is 5.10 Å². The number of carbonyl (C=O) groups excluding carboxylic acids is 2. The summed E-state index contributed by atoms with van der Waals surface area (Å²) >= 11 is 0. The van der Waals surface area contributed by atoms with E-state index in [1.54, 1.807) is 6.92 Å². The summed E-state index contributed by atoms with van der Waals surface area (Å²) < 4.78 is 4.60. The maximum absolute atomic E-state index is 12.2. The van der Waals surface area contributed by atoms with E-state index < -0.39 is 5.97 Å². The first-order valence-corrected chi connectivity index (χ1v) is 6.11. The van der Waals surface area contributed by atoms with Crippen molar-refractivity contribution in [1.29, 1.82) is 0 Å². The molecule has 2 N–H and O–H groups in total. The Kier molecular flexibility index (Phi) is 4.14. The van der Waals surface area contributed by atoms with Crippen LogP contribution in [-0.2, 0) is 9.53 Å². The van der Waals surface area contributed by atoms with Crippen LogP contribution in [0.1, 0.15) is 28.9 Å². The number of hydrogen-bond donors (Lipinski definition) is 2. The minimum Gasteiger partial charge on any atom is -0.464 e. The smallest absolute Gasteiger partial charge is 0.358 e. The molecule has 1 aromatic carbocycles. The predicted octanol–water partition coefficient (Wildman–Crippen LogP) is 1.94. The van der Waals surface area contributed by atoms with E-state index in [-0.39, 0.29) is 17.5 Å². The van der Waals surface area contributed by atoms with Gasteiger partial charge in [0.2, 0.25) is 5.91 Å². The van der Waals surface area contributed by atoms with Crippen molar-refractivity contribution < 1.29 is 14.3 Å². The molecule has 0 saturated heterocycles. The summed E-state index contributed by atoms with van der Waals surface area (Å²) in [5.41, 5.74) is 1.33. The normalized spacial score (nSPS) is 11.7. The van der Waals surface area contributed by atoms with Crippen LogP contribution in [0.4, 0.5) is 5.69 Å². The molecule has 0 aliphatic heterocycles. The summed E-state index contributed by atoms with van der Waals surface area (Å²) in [5.74, 6) is -1.13. The second kappa shape index (κ2) is 6.01. The fraction of sp³-hybridized carbons (Fsp3) is 0.214.